The maximum atomic E-state index is 12.4. The lowest BCUT2D eigenvalue weighted by Gasteiger charge is -2.13. The van der Waals surface area contributed by atoms with Crippen molar-refractivity contribution in [3.63, 3.8) is 0 Å². The molecular formula is C7H3BrF5NO2. The topological polar surface area (TPSA) is 42.1 Å². The summed E-state index contributed by atoms with van der Waals surface area (Å²) in [7, 11) is 0. The Morgan fingerprint density at radius 2 is 1.94 bits per heavy atom. The maximum Gasteiger partial charge on any atom is 0.573 e. The second kappa shape index (κ2) is 4.40. The second-order valence-electron chi connectivity index (χ2n) is 2.57. The van der Waals surface area contributed by atoms with Crippen molar-refractivity contribution in [2.75, 3.05) is 0 Å². The lowest BCUT2D eigenvalue weighted by molar-refractivity contribution is -0.275. The summed E-state index contributed by atoms with van der Waals surface area (Å²) in [5.74, 6) is -1.22. The Balaban J connectivity index is 3.30. The van der Waals surface area contributed by atoms with Crippen LogP contribution in [-0.4, -0.2) is 11.3 Å². The maximum absolute atomic E-state index is 12.4. The van der Waals surface area contributed by atoms with E-state index in [9.17, 15) is 26.7 Å². The smallest absolute Gasteiger partial charge is 0.405 e. The van der Waals surface area contributed by atoms with Crippen LogP contribution in [0.3, 0.4) is 0 Å². The molecule has 1 rings (SSSR count). The van der Waals surface area contributed by atoms with Gasteiger partial charge < -0.3 is 9.72 Å². The number of ether oxygens (including phenoxy) is 1. The highest BCUT2D eigenvalue weighted by Crippen LogP contribution is 2.35. The molecule has 90 valence electrons. The predicted octanol–water partition coefficient (Wildman–Crippen LogP) is 2.97. The number of pyridine rings is 1. The van der Waals surface area contributed by atoms with E-state index in [1.165, 1.54) is 0 Å². The van der Waals surface area contributed by atoms with E-state index in [-0.39, 0.29) is 0 Å². The van der Waals surface area contributed by atoms with Crippen LogP contribution in [0.5, 0.6) is 5.75 Å². The first-order valence-corrected chi connectivity index (χ1v) is 4.46. The van der Waals surface area contributed by atoms with Crippen molar-refractivity contribution in [2.45, 2.75) is 12.8 Å². The number of H-pyrrole nitrogens is 1. The molecule has 1 aromatic rings. The van der Waals surface area contributed by atoms with E-state index in [4.69, 9.17) is 0 Å². The first-order chi connectivity index (χ1) is 7.20. The average Bonchev–Trinajstić information content (AvgIpc) is 1.96. The van der Waals surface area contributed by atoms with Crippen LogP contribution >= 0.6 is 15.9 Å². The van der Waals surface area contributed by atoms with Gasteiger partial charge in [0.25, 0.3) is 12.0 Å². The first-order valence-electron chi connectivity index (χ1n) is 3.67. The minimum Gasteiger partial charge on any atom is -0.405 e. The molecule has 0 aliphatic carbocycles. The van der Waals surface area contributed by atoms with Gasteiger partial charge in [-0.3, -0.25) is 4.79 Å². The minimum atomic E-state index is -5.14. The third kappa shape index (κ3) is 3.19. The van der Waals surface area contributed by atoms with Crippen LogP contribution in [0, 0.1) is 0 Å². The molecular weight excluding hydrogens is 305 g/mol. The van der Waals surface area contributed by atoms with Crippen molar-refractivity contribution in [3.8, 4) is 5.75 Å². The average molecular weight is 308 g/mol. The minimum absolute atomic E-state index is 0.305. The van der Waals surface area contributed by atoms with E-state index >= 15 is 0 Å². The van der Waals surface area contributed by atoms with Gasteiger partial charge in [-0.2, -0.15) is 0 Å². The molecule has 0 amide bonds. The molecule has 0 saturated heterocycles. The van der Waals surface area contributed by atoms with Crippen LogP contribution in [0.1, 0.15) is 12.0 Å². The number of nitrogens with one attached hydrogen (secondary N) is 1. The summed E-state index contributed by atoms with van der Waals surface area (Å²) in [5, 5.41) is 0. The van der Waals surface area contributed by atoms with Gasteiger partial charge in [-0.05, 0) is 15.9 Å². The monoisotopic (exact) mass is 307 g/mol. The third-order valence-electron chi connectivity index (χ3n) is 1.44. The Morgan fingerprint density at radius 3 is 2.38 bits per heavy atom. The molecule has 0 bridgehead atoms. The number of hydrogen-bond acceptors (Lipinski definition) is 2. The van der Waals surface area contributed by atoms with Crippen LogP contribution < -0.4 is 10.3 Å². The fourth-order valence-electron chi connectivity index (χ4n) is 0.929. The van der Waals surface area contributed by atoms with Crippen molar-refractivity contribution in [3.05, 3.63) is 26.6 Å². The van der Waals surface area contributed by atoms with E-state index < -0.39 is 34.3 Å². The Kier molecular flexibility index (Phi) is 3.56. The molecule has 0 unspecified atom stereocenters. The zero-order valence-corrected chi connectivity index (χ0v) is 8.82. The molecule has 0 aliphatic rings. The van der Waals surface area contributed by atoms with Crippen molar-refractivity contribution < 1.29 is 26.7 Å². The zero-order chi connectivity index (χ0) is 12.5. The van der Waals surface area contributed by atoms with Gasteiger partial charge in [-0.1, -0.05) is 0 Å². The fraction of sp³-hybridized carbons (Fsp3) is 0.286. The van der Waals surface area contributed by atoms with E-state index in [0.717, 1.165) is 0 Å². The molecule has 0 aliphatic heterocycles. The molecule has 1 heterocycles. The fourth-order valence-corrected chi connectivity index (χ4v) is 1.49. The van der Waals surface area contributed by atoms with E-state index in [1.54, 1.807) is 0 Å². The summed E-state index contributed by atoms with van der Waals surface area (Å²) < 4.78 is 63.1. The molecule has 9 heteroatoms. The Bertz CT molecular complexity index is 441. The Labute approximate surface area is 93.4 Å². The number of aromatic amines is 1. The Morgan fingerprint density at radius 1 is 1.38 bits per heavy atom. The van der Waals surface area contributed by atoms with Gasteiger partial charge in [0.2, 0.25) is 0 Å². The summed E-state index contributed by atoms with van der Waals surface area (Å²) >= 11 is 2.52. The standard InChI is InChI=1S/C7H3BrF5NO2/c8-5-4(6(9)10)2(1-3(15)14-5)16-7(11,12)13/h1,6H,(H,14,15). The summed E-state index contributed by atoms with van der Waals surface area (Å²) in [6.07, 6.45) is -8.36. The summed E-state index contributed by atoms with van der Waals surface area (Å²) in [6, 6.07) is 0.305. The van der Waals surface area contributed by atoms with E-state index in [2.05, 4.69) is 20.7 Å². The van der Waals surface area contributed by atoms with Crippen LogP contribution in [0.4, 0.5) is 22.0 Å². The molecule has 16 heavy (non-hydrogen) atoms. The number of alkyl halides is 5. The summed E-state index contributed by atoms with van der Waals surface area (Å²) in [6.45, 7) is 0. The van der Waals surface area contributed by atoms with Gasteiger partial charge in [0.1, 0.15) is 5.75 Å². The van der Waals surface area contributed by atoms with Crippen LogP contribution in [-0.2, 0) is 0 Å². The van der Waals surface area contributed by atoms with Gasteiger partial charge in [0, 0.05) is 6.07 Å². The van der Waals surface area contributed by atoms with Gasteiger partial charge in [-0.15, -0.1) is 13.2 Å². The number of halogens is 6. The lowest BCUT2D eigenvalue weighted by atomic mass is 10.2. The van der Waals surface area contributed by atoms with Crippen LogP contribution in [0.15, 0.2) is 15.5 Å². The van der Waals surface area contributed by atoms with E-state index in [1.807, 2.05) is 4.98 Å². The first kappa shape index (κ1) is 12.9. The highest BCUT2D eigenvalue weighted by molar-refractivity contribution is 9.10. The van der Waals surface area contributed by atoms with Crippen molar-refractivity contribution in [1.82, 2.24) is 4.98 Å². The normalized spacial score (nSPS) is 11.9. The van der Waals surface area contributed by atoms with Crippen molar-refractivity contribution in [1.29, 1.82) is 0 Å². The third-order valence-corrected chi connectivity index (χ3v) is 2.07. The largest absolute Gasteiger partial charge is 0.573 e. The molecule has 0 fully saturated rings. The molecule has 0 aromatic carbocycles. The lowest BCUT2D eigenvalue weighted by Crippen LogP contribution is -2.20. The molecule has 0 radical (unpaired) electrons. The molecule has 0 spiro atoms. The number of rotatable bonds is 2. The molecule has 3 nitrogen and oxygen atoms in total. The van der Waals surface area contributed by atoms with Crippen LogP contribution in [0.25, 0.3) is 0 Å². The number of hydrogen-bond donors (Lipinski definition) is 1. The van der Waals surface area contributed by atoms with E-state index in [0.29, 0.717) is 6.07 Å². The summed E-state index contributed by atoms with van der Waals surface area (Å²) in [4.78, 5) is 12.7. The molecule has 0 atom stereocenters. The van der Waals surface area contributed by atoms with Gasteiger partial charge in [0.05, 0.1) is 10.2 Å². The van der Waals surface area contributed by atoms with Gasteiger partial charge in [0.15, 0.2) is 0 Å². The summed E-state index contributed by atoms with van der Waals surface area (Å²) in [5.41, 5.74) is -2.05. The highest BCUT2D eigenvalue weighted by atomic mass is 79.9. The van der Waals surface area contributed by atoms with Crippen molar-refractivity contribution >= 4 is 15.9 Å². The molecule has 1 aromatic heterocycles. The quantitative estimate of drug-likeness (QED) is 0.674. The highest BCUT2D eigenvalue weighted by Gasteiger charge is 2.34. The van der Waals surface area contributed by atoms with Crippen LogP contribution in [0.2, 0.25) is 0 Å². The molecule has 0 saturated carbocycles. The van der Waals surface area contributed by atoms with Gasteiger partial charge >= 0.3 is 6.36 Å². The van der Waals surface area contributed by atoms with Gasteiger partial charge in [-0.25, -0.2) is 8.78 Å². The Hall–Kier alpha value is -1.12. The number of aromatic nitrogens is 1. The molecule has 1 N–H and O–H groups in total. The second-order valence-corrected chi connectivity index (χ2v) is 3.37. The SMILES string of the molecule is O=c1cc(OC(F)(F)F)c(C(F)F)c(Br)[nH]1. The van der Waals surface area contributed by atoms with Crippen molar-refractivity contribution in [2.24, 2.45) is 0 Å². The predicted molar refractivity (Wildman–Crippen MR) is 46.4 cm³/mol. The zero-order valence-electron chi connectivity index (χ0n) is 7.24.